The van der Waals surface area contributed by atoms with Crippen LogP contribution in [-0.2, 0) is 6.42 Å². The summed E-state index contributed by atoms with van der Waals surface area (Å²) in [6.45, 7) is 3.36. The maximum atomic E-state index is 11.3. The number of alkyl halides is 1. The van der Waals surface area contributed by atoms with Crippen molar-refractivity contribution in [2.45, 2.75) is 26.4 Å². The van der Waals surface area contributed by atoms with Crippen molar-refractivity contribution in [3.05, 3.63) is 23.3 Å². The number of aromatic hydroxyl groups is 1. The topological polar surface area (TPSA) is 66.8 Å². The largest absolute Gasteiger partial charge is 0.507 e. The number of ketones is 1. The van der Waals surface area contributed by atoms with Crippen LogP contribution >= 0.6 is 11.6 Å². The highest BCUT2D eigenvalue weighted by Gasteiger charge is 2.13. The summed E-state index contributed by atoms with van der Waals surface area (Å²) in [5.74, 6) is 0.229. The highest BCUT2D eigenvalue weighted by atomic mass is 35.5. The van der Waals surface area contributed by atoms with Crippen molar-refractivity contribution in [1.82, 2.24) is 0 Å². The van der Waals surface area contributed by atoms with Gasteiger partial charge in [-0.25, -0.2) is 0 Å². The van der Waals surface area contributed by atoms with Gasteiger partial charge in [-0.05, 0) is 25.0 Å². The van der Waals surface area contributed by atoms with Crippen LogP contribution < -0.4 is 4.74 Å². The predicted octanol–water partition coefficient (Wildman–Crippen LogP) is 2.14. The molecule has 0 heterocycles. The van der Waals surface area contributed by atoms with Gasteiger partial charge in [0, 0.05) is 6.07 Å². The lowest BCUT2D eigenvalue weighted by molar-refractivity contribution is 0.101. The van der Waals surface area contributed by atoms with Gasteiger partial charge in [0.05, 0.1) is 11.4 Å². The molecule has 0 fully saturated rings. The molecule has 2 N–H and O–H groups in total. The van der Waals surface area contributed by atoms with E-state index in [1.54, 1.807) is 6.07 Å². The molecule has 0 saturated carbocycles. The van der Waals surface area contributed by atoms with Gasteiger partial charge in [-0.1, -0.05) is 6.92 Å². The summed E-state index contributed by atoms with van der Waals surface area (Å²) in [5.41, 5.74) is 1.08. The Bertz CT molecular complexity index is 431. The molecule has 1 aromatic rings. The Kier molecular flexibility index (Phi) is 5.44. The summed E-state index contributed by atoms with van der Waals surface area (Å²) in [7, 11) is 0. The molecule has 0 aliphatic heterocycles. The van der Waals surface area contributed by atoms with E-state index in [1.807, 2.05) is 6.92 Å². The second-order valence-corrected chi connectivity index (χ2v) is 4.31. The molecular weight excluding hydrogens is 256 g/mol. The first-order valence-electron chi connectivity index (χ1n) is 5.73. The van der Waals surface area contributed by atoms with E-state index < -0.39 is 6.10 Å². The number of aryl methyl sites for hydroxylation is 1. The molecule has 1 aromatic carbocycles. The zero-order valence-electron chi connectivity index (χ0n) is 10.4. The highest BCUT2D eigenvalue weighted by Crippen LogP contribution is 2.29. The second kappa shape index (κ2) is 6.61. The number of carbonyl (C=O) groups is 1. The molecule has 0 spiro atoms. The average Bonchev–Trinajstić information content (AvgIpc) is 2.35. The van der Waals surface area contributed by atoms with E-state index in [0.29, 0.717) is 12.2 Å². The quantitative estimate of drug-likeness (QED) is 0.615. The number of rotatable bonds is 6. The number of carbonyl (C=O) groups excluding carboxylic acids is 1. The number of aliphatic hydroxyl groups is 1. The maximum absolute atomic E-state index is 11.3. The van der Waals surface area contributed by atoms with Gasteiger partial charge in [-0.2, -0.15) is 0 Å². The normalized spacial score (nSPS) is 12.2. The number of halogens is 1. The summed E-state index contributed by atoms with van der Waals surface area (Å²) < 4.78 is 5.39. The Morgan fingerprint density at radius 2 is 2.17 bits per heavy atom. The zero-order chi connectivity index (χ0) is 13.7. The molecule has 0 aromatic heterocycles. The molecule has 0 aliphatic rings. The zero-order valence-corrected chi connectivity index (χ0v) is 11.2. The van der Waals surface area contributed by atoms with Crippen molar-refractivity contribution in [3.63, 3.8) is 0 Å². The third-order valence-electron chi connectivity index (χ3n) is 2.55. The van der Waals surface area contributed by atoms with E-state index in [9.17, 15) is 15.0 Å². The van der Waals surface area contributed by atoms with Crippen LogP contribution in [0.3, 0.4) is 0 Å². The lowest BCUT2D eigenvalue weighted by atomic mass is 10.0. The van der Waals surface area contributed by atoms with E-state index in [0.717, 1.165) is 5.56 Å². The monoisotopic (exact) mass is 272 g/mol. The molecular formula is C13H17ClO4. The second-order valence-electron chi connectivity index (χ2n) is 4.01. The summed E-state index contributed by atoms with van der Waals surface area (Å²) in [6.07, 6.45) is -0.0987. The summed E-state index contributed by atoms with van der Waals surface area (Å²) in [6, 6.07) is 3.01. The van der Waals surface area contributed by atoms with Crippen molar-refractivity contribution in [1.29, 1.82) is 0 Å². The predicted molar refractivity (Wildman–Crippen MR) is 69.7 cm³/mol. The van der Waals surface area contributed by atoms with Crippen molar-refractivity contribution in [3.8, 4) is 11.5 Å². The third-order valence-corrected chi connectivity index (χ3v) is 2.90. The van der Waals surface area contributed by atoms with Crippen LogP contribution in [0, 0.1) is 0 Å². The Morgan fingerprint density at radius 1 is 1.50 bits per heavy atom. The van der Waals surface area contributed by atoms with E-state index in [2.05, 4.69) is 0 Å². The van der Waals surface area contributed by atoms with Gasteiger partial charge in [-0.3, -0.25) is 4.79 Å². The third kappa shape index (κ3) is 3.62. The average molecular weight is 273 g/mol. The molecule has 1 atom stereocenters. The number of Topliss-reactive ketones (excluding diaryl/α,β-unsaturated/α-hetero) is 1. The van der Waals surface area contributed by atoms with Crippen LogP contribution in [-0.4, -0.2) is 34.6 Å². The molecule has 18 heavy (non-hydrogen) atoms. The van der Waals surface area contributed by atoms with E-state index in [1.165, 1.54) is 13.0 Å². The Balaban J connectivity index is 2.98. The van der Waals surface area contributed by atoms with Gasteiger partial charge in [0.15, 0.2) is 5.78 Å². The van der Waals surface area contributed by atoms with Crippen molar-refractivity contribution in [2.75, 3.05) is 12.5 Å². The molecule has 5 heteroatoms. The lowest BCUT2D eigenvalue weighted by Crippen LogP contribution is -2.19. The van der Waals surface area contributed by atoms with Crippen molar-refractivity contribution >= 4 is 17.4 Å². The fourth-order valence-corrected chi connectivity index (χ4v) is 1.63. The molecule has 1 rings (SSSR count). The van der Waals surface area contributed by atoms with Crippen LogP contribution in [0.4, 0.5) is 0 Å². The molecule has 0 unspecified atom stereocenters. The first-order valence-corrected chi connectivity index (χ1v) is 6.26. The van der Waals surface area contributed by atoms with Crippen LogP contribution in [0.1, 0.15) is 29.8 Å². The number of phenols is 1. The van der Waals surface area contributed by atoms with E-state index in [-0.39, 0.29) is 29.6 Å². The molecule has 100 valence electrons. The minimum Gasteiger partial charge on any atom is -0.507 e. The lowest BCUT2D eigenvalue weighted by Gasteiger charge is -2.14. The molecule has 0 aliphatic carbocycles. The summed E-state index contributed by atoms with van der Waals surface area (Å²) in [5, 5.41) is 19.0. The fraction of sp³-hybridized carbons (Fsp3) is 0.462. The first kappa shape index (κ1) is 14.8. The van der Waals surface area contributed by atoms with Gasteiger partial charge in [0.25, 0.3) is 0 Å². The number of benzene rings is 1. The fourth-order valence-electron chi connectivity index (χ4n) is 1.54. The Labute approximate surface area is 111 Å². The van der Waals surface area contributed by atoms with Crippen LogP contribution in [0.25, 0.3) is 0 Å². The number of aliphatic hydroxyl groups excluding tert-OH is 1. The van der Waals surface area contributed by atoms with Crippen LogP contribution in [0.2, 0.25) is 0 Å². The number of phenolic OH excluding ortho intramolecular Hbond substituents is 1. The minimum absolute atomic E-state index is 0.0510. The molecule has 0 saturated heterocycles. The maximum Gasteiger partial charge on any atom is 0.163 e. The Hall–Kier alpha value is -1.26. The smallest absolute Gasteiger partial charge is 0.163 e. The number of ether oxygens (including phenoxy) is 1. The summed E-state index contributed by atoms with van der Waals surface area (Å²) >= 11 is 5.47. The van der Waals surface area contributed by atoms with E-state index in [4.69, 9.17) is 16.3 Å². The molecule has 0 bridgehead atoms. The standard InChI is InChI=1S/C13H17ClO4/c1-3-9-4-11(8(2)15)12(17)5-13(9)18-7-10(16)6-14/h4-5,10,16-17H,3,6-7H2,1-2H3/t10-/m0/s1. The molecule has 0 radical (unpaired) electrons. The van der Waals surface area contributed by atoms with Crippen LogP contribution in [0.5, 0.6) is 11.5 Å². The number of hydrogen-bond acceptors (Lipinski definition) is 4. The van der Waals surface area contributed by atoms with Gasteiger partial charge in [0.1, 0.15) is 24.2 Å². The van der Waals surface area contributed by atoms with E-state index >= 15 is 0 Å². The SMILES string of the molecule is CCc1cc(C(C)=O)c(O)cc1OC[C@@H](O)CCl. The Morgan fingerprint density at radius 3 is 2.67 bits per heavy atom. The number of hydrogen-bond donors (Lipinski definition) is 2. The summed E-state index contributed by atoms with van der Waals surface area (Å²) in [4.78, 5) is 11.3. The van der Waals surface area contributed by atoms with Gasteiger partial charge >= 0.3 is 0 Å². The highest BCUT2D eigenvalue weighted by molar-refractivity contribution is 6.18. The first-order chi connectivity index (χ1) is 8.49. The van der Waals surface area contributed by atoms with Gasteiger partial charge < -0.3 is 14.9 Å². The van der Waals surface area contributed by atoms with Gasteiger partial charge in [0.2, 0.25) is 0 Å². The van der Waals surface area contributed by atoms with Crippen molar-refractivity contribution in [2.24, 2.45) is 0 Å². The van der Waals surface area contributed by atoms with Crippen molar-refractivity contribution < 1.29 is 19.7 Å². The molecule has 4 nitrogen and oxygen atoms in total. The van der Waals surface area contributed by atoms with Gasteiger partial charge in [-0.15, -0.1) is 11.6 Å². The minimum atomic E-state index is -0.758. The molecule has 0 amide bonds. The van der Waals surface area contributed by atoms with Crippen LogP contribution in [0.15, 0.2) is 12.1 Å².